The molecular formula is C10H12BrNO. The fourth-order valence-electron chi connectivity index (χ4n) is 1.01. The Labute approximate surface area is 86.3 Å². The molecule has 0 aliphatic heterocycles. The quantitative estimate of drug-likeness (QED) is 0.808. The van der Waals surface area contributed by atoms with Crippen LogP contribution in [0.5, 0.6) is 0 Å². The maximum atomic E-state index is 11.5. The van der Waals surface area contributed by atoms with Crippen LogP contribution in [0.4, 0.5) is 0 Å². The lowest BCUT2D eigenvalue weighted by molar-refractivity contribution is 0.0968. The predicted octanol–water partition coefficient (Wildman–Crippen LogP) is 2.29. The number of hydrogen-bond acceptors (Lipinski definition) is 2. The highest BCUT2D eigenvalue weighted by atomic mass is 79.9. The summed E-state index contributed by atoms with van der Waals surface area (Å²) in [6.45, 7) is 3.67. The topological polar surface area (TPSA) is 43.1 Å². The van der Waals surface area contributed by atoms with Crippen molar-refractivity contribution in [3.63, 3.8) is 0 Å². The Hall–Kier alpha value is -0.670. The van der Waals surface area contributed by atoms with Crippen LogP contribution in [0.15, 0.2) is 22.7 Å². The molecule has 0 radical (unpaired) electrons. The molecule has 1 rings (SSSR count). The number of carbonyl (C=O) groups excluding carboxylic acids is 1. The normalized spacial score (nSPS) is 12.6. The van der Waals surface area contributed by atoms with Gasteiger partial charge < -0.3 is 5.73 Å². The Kier molecular flexibility index (Phi) is 3.22. The van der Waals surface area contributed by atoms with E-state index in [0.29, 0.717) is 5.56 Å². The fraction of sp³-hybridized carbons (Fsp3) is 0.300. The van der Waals surface area contributed by atoms with E-state index >= 15 is 0 Å². The van der Waals surface area contributed by atoms with Crippen LogP contribution in [0.1, 0.15) is 22.8 Å². The first-order valence-electron chi connectivity index (χ1n) is 4.08. The van der Waals surface area contributed by atoms with Gasteiger partial charge in [-0.3, -0.25) is 4.79 Å². The van der Waals surface area contributed by atoms with Crippen LogP contribution in [0, 0.1) is 6.92 Å². The second-order valence-corrected chi connectivity index (χ2v) is 3.97. The number of aryl methyl sites for hydroxylation is 1. The van der Waals surface area contributed by atoms with Crippen molar-refractivity contribution >= 4 is 21.7 Å². The first-order valence-corrected chi connectivity index (χ1v) is 4.87. The summed E-state index contributed by atoms with van der Waals surface area (Å²) in [4.78, 5) is 11.5. The zero-order valence-electron chi connectivity index (χ0n) is 7.67. The van der Waals surface area contributed by atoms with Crippen molar-refractivity contribution < 1.29 is 4.79 Å². The minimum absolute atomic E-state index is 0.0271. The van der Waals surface area contributed by atoms with E-state index in [4.69, 9.17) is 5.73 Å². The first-order chi connectivity index (χ1) is 6.02. The molecule has 13 heavy (non-hydrogen) atoms. The highest BCUT2D eigenvalue weighted by Crippen LogP contribution is 2.18. The predicted molar refractivity (Wildman–Crippen MR) is 56.9 cm³/mol. The molecular weight excluding hydrogens is 230 g/mol. The molecule has 1 atom stereocenters. The van der Waals surface area contributed by atoms with Crippen molar-refractivity contribution in [2.45, 2.75) is 19.9 Å². The van der Waals surface area contributed by atoms with Crippen molar-refractivity contribution in [3.8, 4) is 0 Å². The zero-order chi connectivity index (χ0) is 10.0. The van der Waals surface area contributed by atoms with E-state index in [2.05, 4.69) is 15.9 Å². The lowest BCUT2D eigenvalue weighted by Gasteiger charge is -2.05. The molecule has 0 aliphatic rings. The van der Waals surface area contributed by atoms with E-state index < -0.39 is 6.04 Å². The Balaban J connectivity index is 3.04. The molecule has 0 amide bonds. The van der Waals surface area contributed by atoms with Crippen LogP contribution < -0.4 is 5.73 Å². The van der Waals surface area contributed by atoms with Crippen LogP contribution in [0.3, 0.4) is 0 Å². The molecule has 0 fully saturated rings. The van der Waals surface area contributed by atoms with Gasteiger partial charge in [0.1, 0.15) is 0 Å². The minimum Gasteiger partial charge on any atom is -0.321 e. The monoisotopic (exact) mass is 241 g/mol. The van der Waals surface area contributed by atoms with Gasteiger partial charge in [0.05, 0.1) is 6.04 Å². The van der Waals surface area contributed by atoms with Crippen LogP contribution in [-0.4, -0.2) is 11.8 Å². The summed E-state index contributed by atoms with van der Waals surface area (Å²) in [6, 6.07) is 5.07. The van der Waals surface area contributed by atoms with Gasteiger partial charge in [-0.05, 0) is 25.5 Å². The summed E-state index contributed by atoms with van der Waals surface area (Å²) < 4.78 is 0.944. The molecule has 2 N–H and O–H groups in total. The number of halogens is 1. The second kappa shape index (κ2) is 4.03. The minimum atomic E-state index is -0.436. The Morgan fingerprint density at radius 1 is 1.54 bits per heavy atom. The van der Waals surface area contributed by atoms with Gasteiger partial charge in [0, 0.05) is 10.0 Å². The lowest BCUT2D eigenvalue weighted by atomic mass is 10.0. The average Bonchev–Trinajstić information content (AvgIpc) is 2.08. The number of carbonyl (C=O) groups is 1. The summed E-state index contributed by atoms with van der Waals surface area (Å²) in [5.41, 5.74) is 7.26. The highest BCUT2D eigenvalue weighted by molar-refractivity contribution is 9.10. The molecule has 0 bridgehead atoms. The largest absolute Gasteiger partial charge is 0.321 e. The maximum absolute atomic E-state index is 11.5. The van der Waals surface area contributed by atoms with Gasteiger partial charge in [0.15, 0.2) is 5.78 Å². The van der Waals surface area contributed by atoms with Gasteiger partial charge in [0.2, 0.25) is 0 Å². The van der Waals surface area contributed by atoms with Crippen molar-refractivity contribution in [1.82, 2.24) is 0 Å². The summed E-state index contributed by atoms with van der Waals surface area (Å²) in [6.07, 6.45) is 0. The van der Waals surface area contributed by atoms with Crippen LogP contribution in [0.2, 0.25) is 0 Å². The molecule has 0 saturated heterocycles. The smallest absolute Gasteiger partial charge is 0.179 e. The van der Waals surface area contributed by atoms with Crippen LogP contribution in [0.25, 0.3) is 0 Å². The molecule has 0 heterocycles. The summed E-state index contributed by atoms with van der Waals surface area (Å²) in [5, 5.41) is 0. The van der Waals surface area contributed by atoms with Crippen LogP contribution >= 0.6 is 15.9 Å². The molecule has 3 heteroatoms. The number of Topliss-reactive ketones (excluding diaryl/α,β-unsaturated/α-hetero) is 1. The number of benzene rings is 1. The van der Waals surface area contributed by atoms with E-state index in [9.17, 15) is 4.79 Å². The maximum Gasteiger partial charge on any atom is 0.179 e. The number of hydrogen-bond donors (Lipinski definition) is 1. The van der Waals surface area contributed by atoms with Crippen molar-refractivity contribution in [1.29, 1.82) is 0 Å². The van der Waals surface area contributed by atoms with E-state index in [-0.39, 0.29) is 5.78 Å². The molecule has 70 valence electrons. The molecule has 1 aromatic rings. The third-order valence-electron chi connectivity index (χ3n) is 1.87. The number of ketones is 1. The van der Waals surface area contributed by atoms with Gasteiger partial charge >= 0.3 is 0 Å². The third kappa shape index (κ3) is 2.39. The van der Waals surface area contributed by atoms with Crippen molar-refractivity contribution in [2.24, 2.45) is 5.73 Å². The molecule has 1 aromatic carbocycles. The Morgan fingerprint density at radius 2 is 2.15 bits per heavy atom. The van der Waals surface area contributed by atoms with Crippen molar-refractivity contribution in [3.05, 3.63) is 33.8 Å². The van der Waals surface area contributed by atoms with Gasteiger partial charge in [-0.15, -0.1) is 0 Å². The van der Waals surface area contributed by atoms with Gasteiger partial charge in [-0.1, -0.05) is 28.1 Å². The summed E-state index contributed by atoms with van der Waals surface area (Å²) in [7, 11) is 0. The SMILES string of the molecule is Cc1ccc(C(=O)C(C)N)cc1Br. The average molecular weight is 242 g/mol. The lowest BCUT2D eigenvalue weighted by Crippen LogP contribution is -2.26. The van der Waals surface area contributed by atoms with Gasteiger partial charge in [0.25, 0.3) is 0 Å². The molecule has 0 aliphatic carbocycles. The second-order valence-electron chi connectivity index (χ2n) is 3.12. The molecule has 2 nitrogen and oxygen atoms in total. The number of nitrogens with two attached hydrogens (primary N) is 1. The Bertz CT molecular complexity index is 334. The summed E-state index contributed by atoms with van der Waals surface area (Å²) in [5.74, 6) is -0.0271. The fourth-order valence-corrected chi connectivity index (χ4v) is 1.39. The van der Waals surface area contributed by atoms with Crippen molar-refractivity contribution in [2.75, 3.05) is 0 Å². The molecule has 0 spiro atoms. The molecule has 1 unspecified atom stereocenters. The zero-order valence-corrected chi connectivity index (χ0v) is 9.26. The molecule has 0 saturated carbocycles. The first kappa shape index (κ1) is 10.4. The van der Waals surface area contributed by atoms with E-state index in [1.807, 2.05) is 13.0 Å². The van der Waals surface area contributed by atoms with E-state index in [0.717, 1.165) is 10.0 Å². The Morgan fingerprint density at radius 3 is 2.62 bits per heavy atom. The van der Waals surface area contributed by atoms with Gasteiger partial charge in [-0.25, -0.2) is 0 Å². The summed E-state index contributed by atoms with van der Waals surface area (Å²) >= 11 is 3.37. The third-order valence-corrected chi connectivity index (χ3v) is 2.72. The standard InChI is InChI=1S/C10H12BrNO/c1-6-3-4-8(5-9(6)11)10(13)7(2)12/h3-5,7H,12H2,1-2H3. The van der Waals surface area contributed by atoms with Crippen LogP contribution in [-0.2, 0) is 0 Å². The van der Waals surface area contributed by atoms with E-state index in [1.165, 1.54) is 0 Å². The number of rotatable bonds is 2. The highest BCUT2D eigenvalue weighted by Gasteiger charge is 2.10. The van der Waals surface area contributed by atoms with E-state index in [1.54, 1.807) is 19.1 Å². The van der Waals surface area contributed by atoms with Gasteiger partial charge in [-0.2, -0.15) is 0 Å². The molecule has 0 aromatic heterocycles.